The summed E-state index contributed by atoms with van der Waals surface area (Å²) in [5, 5.41) is 3.55. The number of aryl methyl sites for hydroxylation is 2. The fourth-order valence-electron chi connectivity index (χ4n) is 2.57. The average Bonchev–Trinajstić information content (AvgIpc) is 2.73. The third-order valence-corrected chi connectivity index (χ3v) is 5.65. The molecule has 1 heterocycles. The molecule has 0 saturated heterocycles. The minimum Gasteiger partial charge on any atom is -0.338 e. The van der Waals surface area contributed by atoms with E-state index in [1.165, 1.54) is 0 Å². The van der Waals surface area contributed by atoms with Crippen molar-refractivity contribution in [3.05, 3.63) is 69.8 Å². The van der Waals surface area contributed by atoms with E-state index < -0.39 is 10.0 Å². The SMILES string of the molecule is CC1=C(c2ccc(C)cc2)S(=O)(=O)N=C1Nc1ccc(C)cc1Cl. The maximum atomic E-state index is 12.5. The highest BCUT2D eigenvalue weighted by molar-refractivity contribution is 8.00. The first-order chi connectivity index (χ1) is 11.3. The Morgan fingerprint density at radius 1 is 0.958 bits per heavy atom. The number of nitrogens with zero attached hydrogens (tertiary/aromatic N) is 1. The molecule has 0 unspecified atom stereocenters. The van der Waals surface area contributed by atoms with Crippen LogP contribution in [0.25, 0.3) is 4.91 Å². The number of amidine groups is 1. The standard InChI is InChI=1S/C18H17ClN2O2S/c1-11-4-7-14(8-5-11)17-13(3)18(21-24(17,22)23)20-16-9-6-12(2)10-15(16)19/h4-10H,1-3H3,(H,20,21). The minimum absolute atomic E-state index is 0.230. The molecular formula is C18H17ClN2O2S. The van der Waals surface area contributed by atoms with E-state index in [-0.39, 0.29) is 4.91 Å². The van der Waals surface area contributed by atoms with E-state index in [0.29, 0.717) is 27.7 Å². The van der Waals surface area contributed by atoms with E-state index in [4.69, 9.17) is 11.6 Å². The van der Waals surface area contributed by atoms with Crippen molar-refractivity contribution in [1.29, 1.82) is 0 Å². The largest absolute Gasteiger partial charge is 0.338 e. The van der Waals surface area contributed by atoms with Gasteiger partial charge in [0.25, 0.3) is 10.0 Å². The summed E-state index contributed by atoms with van der Waals surface area (Å²) in [5.74, 6) is 0.302. The van der Waals surface area contributed by atoms with Crippen LogP contribution in [0, 0.1) is 13.8 Å². The lowest BCUT2D eigenvalue weighted by atomic mass is 10.1. The Morgan fingerprint density at radius 2 is 1.58 bits per heavy atom. The lowest BCUT2D eigenvalue weighted by Gasteiger charge is -2.09. The van der Waals surface area contributed by atoms with Crippen molar-refractivity contribution in [3.63, 3.8) is 0 Å². The molecule has 0 spiro atoms. The van der Waals surface area contributed by atoms with E-state index in [2.05, 4.69) is 9.71 Å². The summed E-state index contributed by atoms with van der Waals surface area (Å²) in [6.45, 7) is 5.64. The third-order valence-electron chi connectivity index (χ3n) is 3.86. The second kappa shape index (κ2) is 6.07. The van der Waals surface area contributed by atoms with Gasteiger partial charge in [-0.1, -0.05) is 47.5 Å². The summed E-state index contributed by atoms with van der Waals surface area (Å²) in [6.07, 6.45) is 0. The fraction of sp³-hybridized carbons (Fsp3) is 0.167. The van der Waals surface area contributed by atoms with Crippen molar-refractivity contribution in [1.82, 2.24) is 0 Å². The quantitative estimate of drug-likeness (QED) is 0.855. The van der Waals surface area contributed by atoms with Gasteiger partial charge in [0.15, 0.2) is 0 Å². The van der Waals surface area contributed by atoms with Crippen molar-refractivity contribution >= 4 is 38.1 Å². The van der Waals surface area contributed by atoms with Crippen LogP contribution in [0.3, 0.4) is 0 Å². The van der Waals surface area contributed by atoms with Crippen LogP contribution in [0.4, 0.5) is 5.69 Å². The number of rotatable bonds is 2. The molecule has 0 aliphatic carbocycles. The Morgan fingerprint density at radius 3 is 2.21 bits per heavy atom. The first kappa shape index (κ1) is 16.7. The number of halogens is 1. The molecule has 0 aromatic heterocycles. The summed E-state index contributed by atoms with van der Waals surface area (Å²) in [6, 6.07) is 12.9. The van der Waals surface area contributed by atoms with Crippen LogP contribution in [0.5, 0.6) is 0 Å². The molecule has 24 heavy (non-hydrogen) atoms. The third kappa shape index (κ3) is 3.09. The van der Waals surface area contributed by atoms with Gasteiger partial charge < -0.3 is 5.32 Å². The number of anilines is 1. The van der Waals surface area contributed by atoms with Crippen LogP contribution in [0.15, 0.2) is 52.4 Å². The van der Waals surface area contributed by atoms with Crippen LogP contribution < -0.4 is 5.32 Å². The van der Waals surface area contributed by atoms with Crippen LogP contribution >= 0.6 is 11.6 Å². The summed E-state index contributed by atoms with van der Waals surface area (Å²) in [7, 11) is -3.73. The number of hydrogen-bond donors (Lipinski definition) is 1. The van der Waals surface area contributed by atoms with Crippen molar-refractivity contribution in [2.45, 2.75) is 20.8 Å². The molecule has 0 atom stereocenters. The fourth-order valence-corrected chi connectivity index (χ4v) is 4.29. The minimum atomic E-state index is -3.73. The summed E-state index contributed by atoms with van der Waals surface area (Å²) < 4.78 is 28.8. The van der Waals surface area contributed by atoms with Gasteiger partial charge in [-0.2, -0.15) is 8.42 Å². The normalized spacial score (nSPS) is 16.2. The van der Waals surface area contributed by atoms with Gasteiger partial charge in [0.2, 0.25) is 0 Å². The van der Waals surface area contributed by atoms with Crippen molar-refractivity contribution in [2.75, 3.05) is 5.32 Å². The highest BCUT2D eigenvalue weighted by Gasteiger charge is 2.31. The summed E-state index contributed by atoms with van der Waals surface area (Å²) in [5.41, 5.74) is 3.93. The number of sulfonamides is 1. The van der Waals surface area contributed by atoms with Crippen LogP contribution in [0.2, 0.25) is 5.02 Å². The van der Waals surface area contributed by atoms with Crippen LogP contribution in [-0.4, -0.2) is 14.3 Å². The second-order valence-corrected chi connectivity index (χ2v) is 7.79. The monoisotopic (exact) mass is 360 g/mol. The molecular weight excluding hydrogens is 344 g/mol. The Kier molecular flexibility index (Phi) is 4.24. The van der Waals surface area contributed by atoms with Crippen LogP contribution in [-0.2, 0) is 10.0 Å². The highest BCUT2D eigenvalue weighted by Crippen LogP contribution is 2.34. The van der Waals surface area contributed by atoms with E-state index in [1.54, 1.807) is 19.1 Å². The zero-order chi connectivity index (χ0) is 17.5. The van der Waals surface area contributed by atoms with E-state index in [1.807, 2.05) is 44.2 Å². The Hall–Kier alpha value is -2.11. The zero-order valence-corrected chi connectivity index (χ0v) is 15.2. The molecule has 0 radical (unpaired) electrons. The number of benzene rings is 2. The molecule has 4 nitrogen and oxygen atoms in total. The van der Waals surface area contributed by atoms with Crippen LogP contribution in [0.1, 0.15) is 23.6 Å². The molecule has 1 aliphatic rings. The zero-order valence-electron chi connectivity index (χ0n) is 13.6. The van der Waals surface area contributed by atoms with Gasteiger partial charge in [0.05, 0.1) is 10.7 Å². The smallest absolute Gasteiger partial charge is 0.285 e. The number of nitrogens with one attached hydrogen (secondary N) is 1. The van der Waals surface area contributed by atoms with Gasteiger partial charge in [0, 0.05) is 5.57 Å². The summed E-state index contributed by atoms with van der Waals surface area (Å²) in [4.78, 5) is 0.230. The van der Waals surface area contributed by atoms with Gasteiger partial charge in [-0.05, 0) is 44.0 Å². The molecule has 124 valence electrons. The molecule has 0 bridgehead atoms. The first-order valence-corrected chi connectivity index (χ1v) is 9.26. The maximum absolute atomic E-state index is 12.5. The maximum Gasteiger partial charge on any atom is 0.285 e. The highest BCUT2D eigenvalue weighted by atomic mass is 35.5. The lowest BCUT2D eigenvalue weighted by molar-refractivity contribution is 0.608. The predicted octanol–water partition coefficient (Wildman–Crippen LogP) is 4.54. The first-order valence-electron chi connectivity index (χ1n) is 7.44. The summed E-state index contributed by atoms with van der Waals surface area (Å²) >= 11 is 6.21. The van der Waals surface area contributed by atoms with Crippen molar-refractivity contribution in [2.24, 2.45) is 4.40 Å². The predicted molar refractivity (Wildman–Crippen MR) is 99.9 cm³/mol. The molecule has 1 N–H and O–H groups in total. The molecule has 6 heteroatoms. The average molecular weight is 361 g/mol. The molecule has 3 rings (SSSR count). The Labute approximate surface area is 146 Å². The van der Waals surface area contributed by atoms with Crippen molar-refractivity contribution in [3.8, 4) is 0 Å². The lowest BCUT2D eigenvalue weighted by Crippen LogP contribution is -2.11. The molecule has 2 aromatic carbocycles. The Bertz CT molecular complexity index is 975. The van der Waals surface area contributed by atoms with Gasteiger partial charge in [-0.15, -0.1) is 4.40 Å². The van der Waals surface area contributed by atoms with Gasteiger partial charge in [0.1, 0.15) is 10.7 Å². The van der Waals surface area contributed by atoms with Gasteiger partial charge in [-0.25, -0.2) is 0 Å². The molecule has 0 saturated carbocycles. The van der Waals surface area contributed by atoms with Gasteiger partial charge in [-0.3, -0.25) is 0 Å². The second-order valence-electron chi connectivity index (χ2n) is 5.84. The molecule has 1 aliphatic heterocycles. The van der Waals surface area contributed by atoms with E-state index >= 15 is 0 Å². The van der Waals surface area contributed by atoms with E-state index in [0.717, 1.165) is 11.1 Å². The molecule has 0 fully saturated rings. The topological polar surface area (TPSA) is 58.5 Å². The van der Waals surface area contributed by atoms with E-state index in [9.17, 15) is 8.42 Å². The number of hydrogen-bond acceptors (Lipinski definition) is 3. The molecule has 0 amide bonds. The Balaban J connectivity index is 2.02. The van der Waals surface area contributed by atoms with Gasteiger partial charge >= 0.3 is 0 Å². The van der Waals surface area contributed by atoms with Crippen molar-refractivity contribution < 1.29 is 8.42 Å². The molecule has 2 aromatic rings.